The average molecular weight is 324 g/mol. The minimum atomic E-state index is -0.0423. The van der Waals surface area contributed by atoms with Gasteiger partial charge in [0.25, 0.3) is 0 Å². The lowest BCUT2D eigenvalue weighted by Crippen LogP contribution is -2.13. The summed E-state index contributed by atoms with van der Waals surface area (Å²) in [7, 11) is 0. The number of aromatic amines is 1. The maximum absolute atomic E-state index is 4.47. The number of hydrogen-bond donors (Lipinski definition) is 2. The molecule has 6 heteroatoms. The Morgan fingerprint density at radius 3 is 2.58 bits per heavy atom. The van der Waals surface area contributed by atoms with E-state index in [-0.39, 0.29) is 5.41 Å². The molecule has 5 nitrogen and oxygen atoms in total. The van der Waals surface area contributed by atoms with E-state index in [0.717, 1.165) is 27.6 Å². The molecule has 2 rings (SSSR count). The Labute approximate surface area is 121 Å². The number of halogens is 1. The second-order valence-electron chi connectivity index (χ2n) is 5.52. The van der Waals surface area contributed by atoms with Gasteiger partial charge < -0.3 is 5.32 Å². The number of hydrogen-bond acceptors (Lipinski definition) is 4. The van der Waals surface area contributed by atoms with Crippen LogP contribution in [0, 0.1) is 6.92 Å². The zero-order valence-corrected chi connectivity index (χ0v) is 13.2. The van der Waals surface area contributed by atoms with Crippen LogP contribution in [0.3, 0.4) is 0 Å². The quantitative estimate of drug-likeness (QED) is 0.910. The highest BCUT2D eigenvalue weighted by molar-refractivity contribution is 9.10. The molecular formula is C13H18BrN5. The predicted octanol–water partition coefficient (Wildman–Crippen LogP) is 3.18. The SMILES string of the molecule is Cc1cc(Br)cc(NCc2nc(C(C)(C)C)n[nH]2)n1. The molecule has 0 unspecified atom stereocenters. The molecule has 102 valence electrons. The van der Waals surface area contributed by atoms with E-state index in [1.54, 1.807) is 0 Å². The molecule has 0 aliphatic carbocycles. The van der Waals surface area contributed by atoms with Gasteiger partial charge in [0.05, 0.1) is 6.54 Å². The summed E-state index contributed by atoms with van der Waals surface area (Å²) in [5.41, 5.74) is 0.921. The monoisotopic (exact) mass is 323 g/mol. The smallest absolute Gasteiger partial charge is 0.156 e. The summed E-state index contributed by atoms with van der Waals surface area (Å²) < 4.78 is 1.01. The molecule has 0 spiro atoms. The number of aromatic nitrogens is 4. The van der Waals surface area contributed by atoms with E-state index < -0.39 is 0 Å². The normalized spacial score (nSPS) is 11.6. The van der Waals surface area contributed by atoms with Crippen LogP contribution >= 0.6 is 15.9 Å². The highest BCUT2D eigenvalue weighted by Crippen LogP contribution is 2.18. The van der Waals surface area contributed by atoms with Crippen molar-refractivity contribution >= 4 is 21.7 Å². The molecule has 0 atom stereocenters. The van der Waals surface area contributed by atoms with Crippen molar-refractivity contribution in [1.82, 2.24) is 20.2 Å². The van der Waals surface area contributed by atoms with E-state index in [0.29, 0.717) is 6.54 Å². The summed E-state index contributed by atoms with van der Waals surface area (Å²) in [6.07, 6.45) is 0. The maximum Gasteiger partial charge on any atom is 0.156 e. The van der Waals surface area contributed by atoms with Crippen LogP contribution in [0.25, 0.3) is 0 Å². The number of anilines is 1. The van der Waals surface area contributed by atoms with Crippen molar-refractivity contribution in [3.63, 3.8) is 0 Å². The van der Waals surface area contributed by atoms with E-state index in [2.05, 4.69) is 62.2 Å². The molecular weight excluding hydrogens is 306 g/mol. The van der Waals surface area contributed by atoms with Crippen LogP contribution in [0.2, 0.25) is 0 Å². The number of pyridine rings is 1. The zero-order valence-electron chi connectivity index (χ0n) is 11.6. The van der Waals surface area contributed by atoms with Gasteiger partial charge in [-0.2, -0.15) is 5.10 Å². The molecule has 0 bridgehead atoms. The Bertz CT molecular complexity index is 550. The fourth-order valence-corrected chi connectivity index (χ4v) is 2.15. The minimum absolute atomic E-state index is 0.0423. The summed E-state index contributed by atoms with van der Waals surface area (Å²) >= 11 is 3.45. The Balaban J connectivity index is 2.04. The fourth-order valence-electron chi connectivity index (χ4n) is 1.60. The van der Waals surface area contributed by atoms with Gasteiger partial charge in [0.15, 0.2) is 5.82 Å². The first-order chi connectivity index (χ1) is 8.84. The van der Waals surface area contributed by atoms with Crippen LogP contribution in [0.15, 0.2) is 16.6 Å². The summed E-state index contributed by atoms with van der Waals surface area (Å²) in [6, 6.07) is 3.91. The Kier molecular flexibility index (Phi) is 3.89. The summed E-state index contributed by atoms with van der Waals surface area (Å²) in [4.78, 5) is 8.87. The zero-order chi connectivity index (χ0) is 14.0. The van der Waals surface area contributed by atoms with E-state index in [1.807, 2.05) is 19.1 Å². The highest BCUT2D eigenvalue weighted by Gasteiger charge is 2.19. The second kappa shape index (κ2) is 5.28. The van der Waals surface area contributed by atoms with Crippen LogP contribution in [-0.2, 0) is 12.0 Å². The fraction of sp³-hybridized carbons (Fsp3) is 0.462. The van der Waals surface area contributed by atoms with Crippen LogP contribution in [0.1, 0.15) is 38.1 Å². The van der Waals surface area contributed by atoms with Gasteiger partial charge >= 0.3 is 0 Å². The van der Waals surface area contributed by atoms with Crippen LogP contribution < -0.4 is 5.32 Å². The van der Waals surface area contributed by atoms with Crippen molar-refractivity contribution in [2.45, 2.75) is 39.7 Å². The molecule has 0 aromatic carbocycles. The highest BCUT2D eigenvalue weighted by atomic mass is 79.9. The van der Waals surface area contributed by atoms with E-state index in [9.17, 15) is 0 Å². The van der Waals surface area contributed by atoms with Crippen molar-refractivity contribution in [3.8, 4) is 0 Å². The lowest BCUT2D eigenvalue weighted by molar-refractivity contribution is 0.548. The molecule has 0 amide bonds. The third-order valence-electron chi connectivity index (χ3n) is 2.56. The van der Waals surface area contributed by atoms with Gasteiger partial charge in [0.1, 0.15) is 11.6 Å². The van der Waals surface area contributed by atoms with Crippen LogP contribution in [-0.4, -0.2) is 20.2 Å². The number of nitrogens with zero attached hydrogens (tertiary/aromatic N) is 3. The van der Waals surface area contributed by atoms with Crippen LogP contribution in [0.4, 0.5) is 5.82 Å². The Morgan fingerprint density at radius 2 is 2.00 bits per heavy atom. The Hall–Kier alpha value is -1.43. The first-order valence-electron chi connectivity index (χ1n) is 6.14. The molecule has 0 fully saturated rings. The third kappa shape index (κ3) is 3.76. The van der Waals surface area contributed by atoms with Gasteiger partial charge in [-0.05, 0) is 19.1 Å². The van der Waals surface area contributed by atoms with Gasteiger partial charge in [0.2, 0.25) is 0 Å². The summed E-state index contributed by atoms with van der Waals surface area (Å²) in [5, 5.41) is 10.4. The average Bonchev–Trinajstić information content (AvgIpc) is 2.73. The molecule has 0 saturated carbocycles. The minimum Gasteiger partial charge on any atom is -0.363 e. The molecule has 0 aliphatic rings. The van der Waals surface area contributed by atoms with Crippen molar-refractivity contribution in [1.29, 1.82) is 0 Å². The van der Waals surface area contributed by atoms with Crippen LogP contribution in [0.5, 0.6) is 0 Å². The number of nitrogens with one attached hydrogen (secondary N) is 2. The molecule has 2 heterocycles. The predicted molar refractivity (Wildman–Crippen MR) is 79.1 cm³/mol. The molecule has 0 aliphatic heterocycles. The van der Waals surface area contributed by atoms with Gasteiger partial charge in [0, 0.05) is 15.6 Å². The topological polar surface area (TPSA) is 66.5 Å². The van der Waals surface area contributed by atoms with Crippen molar-refractivity contribution in [2.24, 2.45) is 0 Å². The molecule has 19 heavy (non-hydrogen) atoms. The molecule has 0 saturated heterocycles. The molecule has 0 radical (unpaired) electrons. The largest absolute Gasteiger partial charge is 0.363 e. The molecule has 2 N–H and O–H groups in total. The number of rotatable bonds is 3. The van der Waals surface area contributed by atoms with Gasteiger partial charge in [-0.25, -0.2) is 9.97 Å². The lowest BCUT2D eigenvalue weighted by atomic mass is 9.96. The molecule has 2 aromatic heterocycles. The standard InChI is InChI=1S/C13H18BrN5/c1-8-5-9(14)6-10(16-8)15-7-11-17-12(19-18-11)13(2,3)4/h5-6H,7H2,1-4H3,(H,15,16)(H,17,18,19). The number of H-pyrrole nitrogens is 1. The summed E-state index contributed by atoms with van der Waals surface area (Å²) in [5.74, 6) is 2.45. The third-order valence-corrected chi connectivity index (χ3v) is 3.02. The first-order valence-corrected chi connectivity index (χ1v) is 6.94. The maximum atomic E-state index is 4.47. The summed E-state index contributed by atoms with van der Waals surface area (Å²) in [6.45, 7) is 8.81. The van der Waals surface area contributed by atoms with E-state index in [4.69, 9.17) is 0 Å². The first kappa shape index (κ1) is 14.0. The van der Waals surface area contributed by atoms with Crippen molar-refractivity contribution in [2.75, 3.05) is 5.32 Å². The van der Waals surface area contributed by atoms with Gasteiger partial charge in [-0.1, -0.05) is 36.7 Å². The van der Waals surface area contributed by atoms with E-state index >= 15 is 0 Å². The van der Waals surface area contributed by atoms with Gasteiger partial charge in [-0.15, -0.1) is 0 Å². The Morgan fingerprint density at radius 1 is 1.26 bits per heavy atom. The van der Waals surface area contributed by atoms with Crippen molar-refractivity contribution < 1.29 is 0 Å². The lowest BCUT2D eigenvalue weighted by Gasteiger charge is -2.11. The van der Waals surface area contributed by atoms with Crippen molar-refractivity contribution in [3.05, 3.63) is 33.9 Å². The van der Waals surface area contributed by atoms with Gasteiger partial charge in [-0.3, -0.25) is 5.10 Å². The molecule has 2 aromatic rings. The second-order valence-corrected chi connectivity index (χ2v) is 6.44. The van der Waals surface area contributed by atoms with E-state index in [1.165, 1.54) is 0 Å². The number of aryl methyl sites for hydroxylation is 1.